The second-order valence-corrected chi connectivity index (χ2v) is 3.01. The van der Waals surface area contributed by atoms with Gasteiger partial charge in [0.15, 0.2) is 0 Å². The van der Waals surface area contributed by atoms with Crippen molar-refractivity contribution in [2.75, 3.05) is 20.1 Å². The van der Waals surface area contributed by atoms with E-state index in [0.717, 1.165) is 19.5 Å². The fourth-order valence-electron chi connectivity index (χ4n) is 1.45. The van der Waals surface area contributed by atoms with Gasteiger partial charge in [-0.15, -0.1) is 0 Å². The van der Waals surface area contributed by atoms with E-state index in [1.807, 2.05) is 0 Å². The molecule has 3 heteroatoms. The summed E-state index contributed by atoms with van der Waals surface area (Å²) in [6.45, 7) is 1.91. The summed E-state index contributed by atoms with van der Waals surface area (Å²) in [5.41, 5.74) is 0. The van der Waals surface area contributed by atoms with Gasteiger partial charge in [-0.1, -0.05) is 6.42 Å². The van der Waals surface area contributed by atoms with E-state index >= 15 is 0 Å². The topological polar surface area (TPSA) is 41.1 Å². The Morgan fingerprint density at radius 1 is 1.55 bits per heavy atom. The van der Waals surface area contributed by atoms with Crippen molar-refractivity contribution < 1.29 is 4.79 Å². The molecule has 1 aliphatic rings. The van der Waals surface area contributed by atoms with Gasteiger partial charge in [-0.3, -0.25) is 4.79 Å². The number of amides is 1. The largest absolute Gasteiger partial charge is 0.359 e. The van der Waals surface area contributed by atoms with Gasteiger partial charge >= 0.3 is 0 Å². The van der Waals surface area contributed by atoms with Crippen LogP contribution in [0.2, 0.25) is 0 Å². The summed E-state index contributed by atoms with van der Waals surface area (Å²) in [5, 5.41) is 5.94. The maximum atomic E-state index is 11.2. The minimum absolute atomic E-state index is 0.180. The Balaban J connectivity index is 2.36. The van der Waals surface area contributed by atoms with Gasteiger partial charge in [-0.25, -0.2) is 0 Å². The van der Waals surface area contributed by atoms with Crippen LogP contribution in [0.3, 0.4) is 0 Å². The van der Waals surface area contributed by atoms with Crippen molar-refractivity contribution in [1.29, 1.82) is 0 Å². The van der Waals surface area contributed by atoms with E-state index in [-0.39, 0.29) is 11.8 Å². The van der Waals surface area contributed by atoms with Crippen LogP contribution in [0.25, 0.3) is 0 Å². The first-order valence-corrected chi connectivity index (χ1v) is 4.27. The highest BCUT2D eigenvalue weighted by atomic mass is 16.1. The number of carbonyl (C=O) groups excluding carboxylic acids is 1. The molecule has 0 aromatic heterocycles. The molecule has 0 aromatic rings. The summed E-state index contributed by atoms with van der Waals surface area (Å²) < 4.78 is 0. The minimum atomic E-state index is 0.180. The third-order valence-corrected chi connectivity index (χ3v) is 2.16. The van der Waals surface area contributed by atoms with Crippen LogP contribution in [-0.4, -0.2) is 26.0 Å². The Morgan fingerprint density at radius 2 is 2.36 bits per heavy atom. The Morgan fingerprint density at radius 3 is 3.09 bits per heavy atom. The molecule has 1 heterocycles. The quantitative estimate of drug-likeness (QED) is 0.566. The van der Waals surface area contributed by atoms with Crippen molar-refractivity contribution >= 4 is 5.91 Å². The third-order valence-electron chi connectivity index (χ3n) is 2.16. The third kappa shape index (κ3) is 2.50. The van der Waals surface area contributed by atoms with Crippen molar-refractivity contribution in [3.05, 3.63) is 0 Å². The maximum absolute atomic E-state index is 11.2. The zero-order valence-corrected chi connectivity index (χ0v) is 7.02. The number of nitrogens with one attached hydrogen (secondary N) is 2. The van der Waals surface area contributed by atoms with Crippen molar-refractivity contribution in [3.8, 4) is 0 Å². The van der Waals surface area contributed by atoms with Gasteiger partial charge in [0.25, 0.3) is 0 Å². The number of rotatable bonds is 1. The van der Waals surface area contributed by atoms with E-state index in [9.17, 15) is 4.79 Å². The number of carbonyl (C=O) groups is 1. The first-order chi connectivity index (χ1) is 5.34. The molecule has 0 saturated carbocycles. The van der Waals surface area contributed by atoms with Crippen LogP contribution in [0.15, 0.2) is 0 Å². The van der Waals surface area contributed by atoms with Crippen LogP contribution in [0.1, 0.15) is 19.3 Å². The molecule has 0 radical (unpaired) electrons. The SMILES string of the molecule is CNC(=O)C1CCCCNC1. The second-order valence-electron chi connectivity index (χ2n) is 3.01. The molecule has 1 atom stereocenters. The van der Waals surface area contributed by atoms with Gasteiger partial charge < -0.3 is 10.6 Å². The van der Waals surface area contributed by atoms with E-state index in [0.29, 0.717) is 0 Å². The van der Waals surface area contributed by atoms with Crippen LogP contribution < -0.4 is 10.6 Å². The first kappa shape index (κ1) is 8.53. The van der Waals surface area contributed by atoms with E-state index in [4.69, 9.17) is 0 Å². The van der Waals surface area contributed by atoms with Crippen molar-refractivity contribution in [1.82, 2.24) is 10.6 Å². The highest BCUT2D eigenvalue weighted by Crippen LogP contribution is 2.10. The maximum Gasteiger partial charge on any atom is 0.224 e. The van der Waals surface area contributed by atoms with E-state index in [2.05, 4.69) is 10.6 Å². The van der Waals surface area contributed by atoms with Crippen LogP contribution in [-0.2, 0) is 4.79 Å². The predicted molar refractivity (Wildman–Crippen MR) is 44.3 cm³/mol. The molecule has 0 aliphatic carbocycles. The van der Waals surface area contributed by atoms with Gasteiger partial charge in [0.2, 0.25) is 5.91 Å². The average Bonchev–Trinajstić information content (AvgIpc) is 2.30. The molecule has 3 nitrogen and oxygen atoms in total. The lowest BCUT2D eigenvalue weighted by Crippen LogP contribution is -2.33. The molecule has 0 bridgehead atoms. The molecule has 1 rings (SSSR count). The highest BCUT2D eigenvalue weighted by molar-refractivity contribution is 5.78. The summed E-state index contributed by atoms with van der Waals surface area (Å²) in [4.78, 5) is 11.2. The Kier molecular flexibility index (Phi) is 3.36. The van der Waals surface area contributed by atoms with Gasteiger partial charge in [0, 0.05) is 13.6 Å². The Bertz CT molecular complexity index is 128. The summed E-state index contributed by atoms with van der Waals surface area (Å²) in [5.74, 6) is 0.377. The molecule has 11 heavy (non-hydrogen) atoms. The molecule has 1 aliphatic heterocycles. The smallest absolute Gasteiger partial charge is 0.224 e. The monoisotopic (exact) mass is 156 g/mol. The summed E-state index contributed by atoms with van der Waals surface area (Å²) in [6.07, 6.45) is 3.41. The van der Waals surface area contributed by atoms with Crippen LogP contribution >= 0.6 is 0 Å². The summed E-state index contributed by atoms with van der Waals surface area (Å²) >= 11 is 0. The molecule has 1 amide bonds. The summed E-state index contributed by atoms with van der Waals surface area (Å²) in [7, 11) is 1.70. The molecule has 64 valence electrons. The van der Waals surface area contributed by atoms with Crippen LogP contribution in [0.4, 0.5) is 0 Å². The standard InChI is InChI=1S/C8H16N2O/c1-9-8(11)7-4-2-3-5-10-6-7/h7,10H,2-6H2,1H3,(H,9,11). The minimum Gasteiger partial charge on any atom is -0.359 e. The number of hydrogen-bond donors (Lipinski definition) is 2. The van der Waals surface area contributed by atoms with Crippen molar-refractivity contribution in [3.63, 3.8) is 0 Å². The van der Waals surface area contributed by atoms with Gasteiger partial charge in [0.05, 0.1) is 5.92 Å². The van der Waals surface area contributed by atoms with Gasteiger partial charge in [0.1, 0.15) is 0 Å². The highest BCUT2D eigenvalue weighted by Gasteiger charge is 2.17. The fourth-order valence-corrected chi connectivity index (χ4v) is 1.45. The van der Waals surface area contributed by atoms with E-state index < -0.39 is 0 Å². The molecule has 0 aromatic carbocycles. The molecule has 1 fully saturated rings. The van der Waals surface area contributed by atoms with Crippen molar-refractivity contribution in [2.24, 2.45) is 5.92 Å². The zero-order chi connectivity index (χ0) is 8.10. The van der Waals surface area contributed by atoms with Gasteiger partial charge in [-0.05, 0) is 19.4 Å². The zero-order valence-electron chi connectivity index (χ0n) is 7.02. The van der Waals surface area contributed by atoms with E-state index in [1.165, 1.54) is 12.8 Å². The normalized spacial score (nSPS) is 25.7. The van der Waals surface area contributed by atoms with E-state index in [1.54, 1.807) is 7.05 Å². The van der Waals surface area contributed by atoms with Crippen LogP contribution in [0.5, 0.6) is 0 Å². The fraction of sp³-hybridized carbons (Fsp3) is 0.875. The molecule has 1 saturated heterocycles. The van der Waals surface area contributed by atoms with Gasteiger partial charge in [-0.2, -0.15) is 0 Å². The molecular weight excluding hydrogens is 140 g/mol. The molecule has 1 unspecified atom stereocenters. The Hall–Kier alpha value is -0.570. The molecule has 0 spiro atoms. The van der Waals surface area contributed by atoms with Crippen LogP contribution in [0, 0.1) is 5.92 Å². The average molecular weight is 156 g/mol. The lowest BCUT2D eigenvalue weighted by Gasteiger charge is -2.11. The Labute approximate surface area is 67.5 Å². The summed E-state index contributed by atoms with van der Waals surface area (Å²) in [6, 6.07) is 0. The first-order valence-electron chi connectivity index (χ1n) is 4.27. The number of hydrogen-bond acceptors (Lipinski definition) is 2. The lowest BCUT2D eigenvalue weighted by atomic mass is 10.0. The second kappa shape index (κ2) is 4.34. The molecule has 2 N–H and O–H groups in total. The lowest BCUT2D eigenvalue weighted by molar-refractivity contribution is -0.124. The molecular formula is C8H16N2O. The van der Waals surface area contributed by atoms with Crippen molar-refractivity contribution in [2.45, 2.75) is 19.3 Å². The predicted octanol–water partition coefficient (Wildman–Crippen LogP) is 0.122.